The van der Waals surface area contributed by atoms with Crippen LogP contribution in [0, 0.1) is 17.0 Å². The summed E-state index contributed by atoms with van der Waals surface area (Å²) < 4.78 is 5.95. The standard InChI is InChI=1S/C12H16N2O6/c1-7-5-8(15)10(14(18)19)11(17)13(7)6-9(16)20-12(2,3)4/h5,15H,6H2,1-4H3. The summed E-state index contributed by atoms with van der Waals surface area (Å²) in [7, 11) is 0. The topological polar surface area (TPSA) is 112 Å². The van der Waals surface area contributed by atoms with Crippen LogP contribution in [-0.2, 0) is 16.1 Å². The van der Waals surface area contributed by atoms with E-state index in [1.54, 1.807) is 20.8 Å². The highest BCUT2D eigenvalue weighted by Gasteiger charge is 2.25. The lowest BCUT2D eigenvalue weighted by molar-refractivity contribution is -0.387. The number of rotatable bonds is 3. The van der Waals surface area contributed by atoms with Gasteiger partial charge < -0.3 is 9.84 Å². The van der Waals surface area contributed by atoms with Crippen LogP contribution in [0.5, 0.6) is 5.75 Å². The Hall–Kier alpha value is -2.38. The molecule has 0 fully saturated rings. The van der Waals surface area contributed by atoms with E-state index < -0.39 is 40.0 Å². The molecule has 1 rings (SSSR count). The molecule has 0 saturated heterocycles. The van der Waals surface area contributed by atoms with Crippen molar-refractivity contribution in [2.45, 2.75) is 39.8 Å². The lowest BCUT2D eigenvalue weighted by Gasteiger charge is -2.20. The molecule has 8 nitrogen and oxygen atoms in total. The van der Waals surface area contributed by atoms with Crippen LogP contribution in [0.3, 0.4) is 0 Å². The minimum absolute atomic E-state index is 0.226. The molecule has 20 heavy (non-hydrogen) atoms. The monoisotopic (exact) mass is 284 g/mol. The van der Waals surface area contributed by atoms with E-state index in [-0.39, 0.29) is 5.69 Å². The van der Waals surface area contributed by atoms with Gasteiger partial charge in [-0.2, -0.15) is 0 Å². The molecule has 0 radical (unpaired) electrons. The molecule has 1 aromatic heterocycles. The first kappa shape index (κ1) is 15.7. The van der Waals surface area contributed by atoms with Gasteiger partial charge in [-0.3, -0.25) is 24.3 Å². The number of carbonyl (C=O) groups excluding carboxylic acids is 1. The fourth-order valence-electron chi connectivity index (χ4n) is 1.61. The largest absolute Gasteiger partial charge is 0.502 e. The Bertz CT molecular complexity index is 612. The third-order valence-corrected chi connectivity index (χ3v) is 2.35. The predicted molar refractivity (Wildman–Crippen MR) is 69.6 cm³/mol. The van der Waals surface area contributed by atoms with Crippen molar-refractivity contribution in [3.63, 3.8) is 0 Å². The highest BCUT2D eigenvalue weighted by molar-refractivity contribution is 5.70. The van der Waals surface area contributed by atoms with Gasteiger partial charge in [0.05, 0.1) is 4.92 Å². The molecule has 110 valence electrons. The zero-order valence-electron chi connectivity index (χ0n) is 11.7. The Balaban J connectivity index is 3.20. The number of hydrogen-bond acceptors (Lipinski definition) is 6. The van der Waals surface area contributed by atoms with Gasteiger partial charge in [-0.1, -0.05) is 0 Å². The number of aromatic hydroxyl groups is 1. The van der Waals surface area contributed by atoms with Gasteiger partial charge >= 0.3 is 17.2 Å². The molecular weight excluding hydrogens is 268 g/mol. The van der Waals surface area contributed by atoms with Gasteiger partial charge in [-0.05, 0) is 27.7 Å². The normalized spacial score (nSPS) is 11.2. The SMILES string of the molecule is Cc1cc(O)c([N+](=O)[O-])c(=O)n1CC(=O)OC(C)(C)C. The molecule has 0 aliphatic heterocycles. The summed E-state index contributed by atoms with van der Waals surface area (Å²) in [6.45, 7) is 6.00. The van der Waals surface area contributed by atoms with Gasteiger partial charge in [0.2, 0.25) is 5.75 Å². The Morgan fingerprint density at radius 3 is 2.50 bits per heavy atom. The van der Waals surface area contributed by atoms with E-state index in [1.807, 2.05) is 0 Å². The first-order valence-electron chi connectivity index (χ1n) is 5.82. The van der Waals surface area contributed by atoms with Crippen LogP contribution >= 0.6 is 0 Å². The number of nitro groups is 1. The molecule has 1 N–H and O–H groups in total. The minimum atomic E-state index is -1.04. The van der Waals surface area contributed by atoms with Crippen molar-refractivity contribution in [3.8, 4) is 5.75 Å². The third-order valence-electron chi connectivity index (χ3n) is 2.35. The van der Waals surface area contributed by atoms with Crippen molar-refractivity contribution in [3.05, 3.63) is 32.2 Å². The highest BCUT2D eigenvalue weighted by Crippen LogP contribution is 2.21. The predicted octanol–water partition coefficient (Wildman–Crippen LogP) is 1.11. The second kappa shape index (κ2) is 5.32. The second-order valence-corrected chi connectivity index (χ2v) is 5.25. The quantitative estimate of drug-likeness (QED) is 0.505. The van der Waals surface area contributed by atoms with Crippen molar-refractivity contribution in [1.82, 2.24) is 4.57 Å². The van der Waals surface area contributed by atoms with Crippen LogP contribution in [0.4, 0.5) is 5.69 Å². The number of carbonyl (C=O) groups is 1. The van der Waals surface area contributed by atoms with Crippen LogP contribution in [0.2, 0.25) is 0 Å². The third kappa shape index (κ3) is 3.56. The van der Waals surface area contributed by atoms with Crippen LogP contribution < -0.4 is 5.56 Å². The second-order valence-electron chi connectivity index (χ2n) is 5.25. The lowest BCUT2D eigenvalue weighted by Crippen LogP contribution is -2.32. The van der Waals surface area contributed by atoms with Gasteiger partial charge in [0.1, 0.15) is 12.1 Å². The molecule has 0 saturated carbocycles. The maximum Gasteiger partial charge on any atom is 0.375 e. The summed E-state index contributed by atoms with van der Waals surface area (Å²) in [5.74, 6) is -1.42. The van der Waals surface area contributed by atoms with Crippen molar-refractivity contribution in [2.75, 3.05) is 0 Å². The van der Waals surface area contributed by atoms with E-state index in [4.69, 9.17) is 4.74 Å². The van der Waals surface area contributed by atoms with E-state index in [9.17, 15) is 24.8 Å². The van der Waals surface area contributed by atoms with Crippen molar-refractivity contribution >= 4 is 11.7 Å². The molecule has 0 bridgehead atoms. The molecule has 0 spiro atoms. The summed E-state index contributed by atoms with van der Waals surface area (Å²) in [4.78, 5) is 33.3. The van der Waals surface area contributed by atoms with E-state index in [1.165, 1.54) is 6.92 Å². The molecule has 1 heterocycles. The van der Waals surface area contributed by atoms with E-state index in [0.717, 1.165) is 10.6 Å². The Morgan fingerprint density at radius 2 is 2.05 bits per heavy atom. The minimum Gasteiger partial charge on any atom is -0.502 e. The zero-order valence-corrected chi connectivity index (χ0v) is 11.7. The van der Waals surface area contributed by atoms with Crippen LogP contribution in [0.25, 0.3) is 0 Å². The lowest BCUT2D eigenvalue weighted by atomic mass is 10.2. The number of hydrogen-bond donors (Lipinski definition) is 1. The number of ether oxygens (including phenoxy) is 1. The smallest absolute Gasteiger partial charge is 0.375 e. The Labute approximate surface area is 114 Å². The van der Waals surface area contributed by atoms with Gasteiger partial charge in [-0.25, -0.2) is 0 Å². The summed E-state index contributed by atoms with van der Waals surface area (Å²) in [6, 6.07) is 1.06. The van der Waals surface area contributed by atoms with Crippen molar-refractivity contribution in [2.24, 2.45) is 0 Å². The molecule has 0 amide bonds. The Morgan fingerprint density at radius 1 is 1.50 bits per heavy atom. The number of nitrogens with zero attached hydrogens (tertiary/aromatic N) is 2. The number of pyridine rings is 1. The van der Waals surface area contributed by atoms with Crippen molar-refractivity contribution in [1.29, 1.82) is 0 Å². The number of aryl methyl sites for hydroxylation is 1. The number of aromatic nitrogens is 1. The summed E-state index contributed by atoms with van der Waals surface area (Å²) in [6.07, 6.45) is 0. The molecule has 0 aromatic carbocycles. The average Bonchev–Trinajstić information content (AvgIpc) is 2.20. The highest BCUT2D eigenvalue weighted by atomic mass is 16.6. The summed E-state index contributed by atoms with van der Waals surface area (Å²) in [5, 5.41) is 20.2. The van der Waals surface area contributed by atoms with Crippen molar-refractivity contribution < 1.29 is 19.6 Å². The summed E-state index contributed by atoms with van der Waals surface area (Å²) >= 11 is 0. The molecule has 1 aromatic rings. The van der Waals surface area contributed by atoms with E-state index in [0.29, 0.717) is 0 Å². The molecule has 0 atom stereocenters. The van der Waals surface area contributed by atoms with Gasteiger partial charge in [0.25, 0.3) is 0 Å². The molecule has 0 aliphatic rings. The maximum atomic E-state index is 11.9. The maximum absolute atomic E-state index is 11.9. The molecule has 0 unspecified atom stereocenters. The van der Waals surface area contributed by atoms with Gasteiger partial charge in [0, 0.05) is 11.8 Å². The first-order chi connectivity index (χ1) is 9.03. The fraction of sp³-hybridized carbons (Fsp3) is 0.500. The fourth-order valence-corrected chi connectivity index (χ4v) is 1.61. The molecule has 0 aliphatic carbocycles. The van der Waals surface area contributed by atoms with Gasteiger partial charge in [0.15, 0.2) is 0 Å². The number of esters is 1. The van der Waals surface area contributed by atoms with Crippen LogP contribution in [0.1, 0.15) is 26.5 Å². The molecular formula is C12H16N2O6. The Kier molecular flexibility index (Phi) is 4.17. The first-order valence-corrected chi connectivity index (χ1v) is 5.82. The van der Waals surface area contributed by atoms with Gasteiger partial charge in [-0.15, -0.1) is 0 Å². The average molecular weight is 284 g/mol. The molecule has 8 heteroatoms. The van der Waals surface area contributed by atoms with E-state index in [2.05, 4.69) is 0 Å². The van der Waals surface area contributed by atoms with E-state index >= 15 is 0 Å². The zero-order chi connectivity index (χ0) is 15.7. The van der Waals surface area contributed by atoms with Crippen LogP contribution in [-0.4, -0.2) is 26.2 Å². The summed E-state index contributed by atoms with van der Waals surface area (Å²) in [5.41, 5.74) is -2.50. The van der Waals surface area contributed by atoms with Crippen LogP contribution in [0.15, 0.2) is 10.9 Å².